The van der Waals surface area contributed by atoms with Gasteiger partial charge in [-0.2, -0.15) is 13.2 Å². The first-order valence-electron chi connectivity index (χ1n) is 9.12. The molecule has 2 heterocycles. The standard InChI is InChI=1S/C20H19F3N4O/c21-20(22,23)16-7-4-8-17(13-16)27-11-9-26(10-12-27)14-18-24-25-19(28-18)15-5-2-1-3-6-15/h1-8,13H,9-12,14H2/p+1. The highest BCUT2D eigenvalue weighted by Crippen LogP contribution is 2.31. The van der Waals surface area contributed by atoms with Gasteiger partial charge in [-0.15, -0.1) is 10.2 Å². The summed E-state index contributed by atoms with van der Waals surface area (Å²) in [7, 11) is 0. The SMILES string of the molecule is FC(F)(F)c1cccc(N2CC[NH+](Cc3nnc(-c4ccccc4)o3)CC2)c1. The molecule has 2 aromatic carbocycles. The topological polar surface area (TPSA) is 46.6 Å². The van der Waals surface area contributed by atoms with E-state index < -0.39 is 11.7 Å². The van der Waals surface area contributed by atoms with Crippen molar-refractivity contribution >= 4 is 5.69 Å². The largest absolute Gasteiger partial charge is 0.416 e. The van der Waals surface area contributed by atoms with Gasteiger partial charge in [0.2, 0.25) is 5.89 Å². The molecule has 1 aliphatic heterocycles. The van der Waals surface area contributed by atoms with Gasteiger partial charge in [0.15, 0.2) is 6.54 Å². The number of alkyl halides is 3. The molecule has 5 nitrogen and oxygen atoms in total. The third-order valence-corrected chi connectivity index (χ3v) is 4.90. The maximum Gasteiger partial charge on any atom is 0.416 e. The number of rotatable bonds is 4. The van der Waals surface area contributed by atoms with Crippen LogP contribution in [0.4, 0.5) is 18.9 Å². The Morgan fingerprint density at radius 3 is 2.43 bits per heavy atom. The van der Waals surface area contributed by atoms with Crippen LogP contribution in [0.15, 0.2) is 59.0 Å². The molecule has 0 spiro atoms. The number of nitrogens with zero attached hydrogens (tertiary/aromatic N) is 3. The van der Waals surface area contributed by atoms with Gasteiger partial charge >= 0.3 is 6.18 Å². The molecule has 1 aromatic heterocycles. The zero-order valence-corrected chi connectivity index (χ0v) is 15.1. The molecule has 0 radical (unpaired) electrons. The lowest BCUT2D eigenvalue weighted by Crippen LogP contribution is -3.13. The number of anilines is 1. The summed E-state index contributed by atoms with van der Waals surface area (Å²) in [4.78, 5) is 3.26. The van der Waals surface area contributed by atoms with Crippen molar-refractivity contribution in [2.75, 3.05) is 31.1 Å². The maximum atomic E-state index is 12.9. The van der Waals surface area contributed by atoms with Gasteiger partial charge in [-0.1, -0.05) is 24.3 Å². The Bertz CT molecular complexity index is 918. The molecule has 4 rings (SSSR count). The first kappa shape index (κ1) is 18.5. The summed E-state index contributed by atoms with van der Waals surface area (Å²) >= 11 is 0. The van der Waals surface area contributed by atoms with E-state index in [-0.39, 0.29) is 0 Å². The van der Waals surface area contributed by atoms with Crippen LogP contribution in [0.3, 0.4) is 0 Å². The van der Waals surface area contributed by atoms with E-state index in [0.717, 1.165) is 24.7 Å². The lowest BCUT2D eigenvalue weighted by molar-refractivity contribution is -0.915. The number of nitrogens with one attached hydrogen (secondary N) is 1. The molecule has 1 N–H and O–H groups in total. The van der Waals surface area contributed by atoms with Crippen molar-refractivity contribution in [2.24, 2.45) is 0 Å². The van der Waals surface area contributed by atoms with E-state index in [4.69, 9.17) is 4.42 Å². The zero-order chi connectivity index (χ0) is 19.6. The van der Waals surface area contributed by atoms with Crippen molar-refractivity contribution in [2.45, 2.75) is 12.7 Å². The Balaban J connectivity index is 1.36. The van der Waals surface area contributed by atoms with Gasteiger partial charge in [0, 0.05) is 11.3 Å². The summed E-state index contributed by atoms with van der Waals surface area (Å²) in [6, 6.07) is 15.1. The zero-order valence-electron chi connectivity index (χ0n) is 15.1. The molecule has 0 aliphatic carbocycles. The molecule has 0 saturated carbocycles. The molecule has 0 bridgehead atoms. The Morgan fingerprint density at radius 1 is 0.964 bits per heavy atom. The third-order valence-electron chi connectivity index (χ3n) is 4.90. The van der Waals surface area contributed by atoms with Crippen LogP contribution >= 0.6 is 0 Å². The molecule has 1 aliphatic rings. The number of aromatic nitrogens is 2. The Labute approximate surface area is 160 Å². The molecule has 0 atom stereocenters. The molecular formula is C20H20F3N4O+. The van der Waals surface area contributed by atoms with E-state index in [0.29, 0.717) is 37.1 Å². The lowest BCUT2D eigenvalue weighted by Gasteiger charge is -2.33. The fourth-order valence-electron chi connectivity index (χ4n) is 3.37. The summed E-state index contributed by atoms with van der Waals surface area (Å²) in [5, 5.41) is 8.23. The second-order valence-electron chi connectivity index (χ2n) is 6.83. The van der Waals surface area contributed by atoms with E-state index in [1.54, 1.807) is 6.07 Å². The quantitative estimate of drug-likeness (QED) is 0.745. The number of hydrogen-bond donors (Lipinski definition) is 1. The Kier molecular flexibility index (Phi) is 5.04. The molecule has 28 heavy (non-hydrogen) atoms. The first-order valence-corrected chi connectivity index (χ1v) is 9.12. The van der Waals surface area contributed by atoms with Crippen molar-refractivity contribution < 1.29 is 22.5 Å². The monoisotopic (exact) mass is 389 g/mol. The smallest absolute Gasteiger partial charge is 0.415 e. The maximum absolute atomic E-state index is 12.9. The fourth-order valence-corrected chi connectivity index (χ4v) is 3.37. The molecular weight excluding hydrogens is 369 g/mol. The molecule has 3 aromatic rings. The van der Waals surface area contributed by atoms with Crippen LogP contribution in [-0.4, -0.2) is 36.4 Å². The van der Waals surface area contributed by atoms with Crippen LogP contribution in [0.5, 0.6) is 0 Å². The number of piperazine rings is 1. The molecule has 0 amide bonds. The minimum absolute atomic E-state index is 0.498. The first-order chi connectivity index (χ1) is 13.5. The second-order valence-corrected chi connectivity index (χ2v) is 6.83. The average molecular weight is 389 g/mol. The number of hydrogen-bond acceptors (Lipinski definition) is 4. The van der Waals surface area contributed by atoms with Gasteiger partial charge in [-0.05, 0) is 30.3 Å². The Hall–Kier alpha value is -2.87. The highest BCUT2D eigenvalue weighted by Gasteiger charge is 2.31. The van der Waals surface area contributed by atoms with Crippen LogP contribution in [0, 0.1) is 0 Å². The lowest BCUT2D eigenvalue weighted by atomic mass is 10.1. The summed E-state index contributed by atoms with van der Waals surface area (Å²) in [6.07, 6.45) is -4.32. The normalized spacial score (nSPS) is 15.8. The molecule has 1 fully saturated rings. The van der Waals surface area contributed by atoms with Crippen LogP contribution in [-0.2, 0) is 12.7 Å². The van der Waals surface area contributed by atoms with Crippen LogP contribution in [0.1, 0.15) is 11.5 Å². The molecule has 8 heteroatoms. The van der Waals surface area contributed by atoms with E-state index in [1.165, 1.54) is 17.0 Å². The number of halogens is 3. The predicted molar refractivity (Wildman–Crippen MR) is 97.8 cm³/mol. The fraction of sp³-hybridized carbons (Fsp3) is 0.300. The highest BCUT2D eigenvalue weighted by atomic mass is 19.4. The summed E-state index contributed by atoms with van der Waals surface area (Å²) < 4.78 is 44.5. The van der Waals surface area contributed by atoms with Crippen molar-refractivity contribution in [3.8, 4) is 11.5 Å². The Morgan fingerprint density at radius 2 is 1.71 bits per heavy atom. The van der Waals surface area contributed by atoms with Gasteiger partial charge < -0.3 is 14.2 Å². The van der Waals surface area contributed by atoms with Crippen molar-refractivity contribution in [3.63, 3.8) is 0 Å². The average Bonchev–Trinajstić information content (AvgIpc) is 3.17. The van der Waals surface area contributed by atoms with Gasteiger partial charge in [-0.25, -0.2) is 0 Å². The second kappa shape index (κ2) is 7.63. The third kappa shape index (κ3) is 4.17. The number of benzene rings is 2. The summed E-state index contributed by atoms with van der Waals surface area (Å²) in [5.41, 5.74) is 0.878. The predicted octanol–water partition coefficient (Wildman–Crippen LogP) is 2.66. The molecule has 146 valence electrons. The van der Waals surface area contributed by atoms with Crippen LogP contribution in [0.2, 0.25) is 0 Å². The van der Waals surface area contributed by atoms with E-state index in [9.17, 15) is 13.2 Å². The summed E-state index contributed by atoms with van der Waals surface area (Å²) in [5.74, 6) is 1.07. The van der Waals surface area contributed by atoms with Gasteiger partial charge in [0.25, 0.3) is 5.89 Å². The van der Waals surface area contributed by atoms with E-state index in [2.05, 4.69) is 10.2 Å². The van der Waals surface area contributed by atoms with E-state index in [1.807, 2.05) is 35.2 Å². The molecule has 1 saturated heterocycles. The van der Waals surface area contributed by atoms with Crippen LogP contribution < -0.4 is 9.80 Å². The highest BCUT2D eigenvalue weighted by molar-refractivity contribution is 5.51. The minimum atomic E-state index is -4.32. The van der Waals surface area contributed by atoms with Gasteiger partial charge in [-0.3, -0.25) is 0 Å². The van der Waals surface area contributed by atoms with Crippen molar-refractivity contribution in [3.05, 3.63) is 66.1 Å². The van der Waals surface area contributed by atoms with Gasteiger partial charge in [0.05, 0.1) is 31.7 Å². The molecule has 0 unspecified atom stereocenters. The van der Waals surface area contributed by atoms with Crippen molar-refractivity contribution in [1.29, 1.82) is 0 Å². The van der Waals surface area contributed by atoms with Crippen LogP contribution in [0.25, 0.3) is 11.5 Å². The van der Waals surface area contributed by atoms with Crippen molar-refractivity contribution in [1.82, 2.24) is 10.2 Å². The summed E-state index contributed by atoms with van der Waals surface area (Å²) in [6.45, 7) is 3.54. The van der Waals surface area contributed by atoms with E-state index >= 15 is 0 Å². The number of quaternary nitrogens is 1. The van der Waals surface area contributed by atoms with Gasteiger partial charge in [0.1, 0.15) is 0 Å². The minimum Gasteiger partial charge on any atom is -0.415 e.